The highest BCUT2D eigenvalue weighted by Crippen LogP contribution is 2.31. The van der Waals surface area contributed by atoms with Gasteiger partial charge in [-0.2, -0.15) is 0 Å². The van der Waals surface area contributed by atoms with Gasteiger partial charge in [0.25, 0.3) is 0 Å². The van der Waals surface area contributed by atoms with Crippen LogP contribution in [0.5, 0.6) is 11.6 Å². The third kappa shape index (κ3) is 2.87. The Labute approximate surface area is 122 Å². The van der Waals surface area contributed by atoms with Crippen LogP contribution in [-0.2, 0) is 12.8 Å². The van der Waals surface area contributed by atoms with Gasteiger partial charge in [0.2, 0.25) is 11.8 Å². The highest BCUT2D eigenvalue weighted by Gasteiger charge is 2.21. The predicted molar refractivity (Wildman–Crippen MR) is 77.3 cm³/mol. The fraction of sp³-hybridized carbons (Fsp3) is 0.250. The zero-order valence-corrected chi connectivity index (χ0v) is 11.5. The first-order chi connectivity index (χ1) is 10.2. The number of carbonyl (C=O) groups is 1. The van der Waals surface area contributed by atoms with Crippen LogP contribution in [0.4, 0.5) is 0 Å². The molecule has 1 atom stereocenters. The Hall–Kier alpha value is -2.40. The highest BCUT2D eigenvalue weighted by molar-refractivity contribution is 5.92. The van der Waals surface area contributed by atoms with E-state index in [9.17, 15) is 9.90 Å². The molecule has 1 unspecified atom stereocenters. The number of pyridine rings is 1. The van der Waals surface area contributed by atoms with E-state index in [1.807, 2.05) is 18.2 Å². The molecule has 0 saturated carbocycles. The van der Waals surface area contributed by atoms with Gasteiger partial charge in [0.05, 0.1) is 5.56 Å². The lowest BCUT2D eigenvalue weighted by molar-refractivity contribution is 0.1000. The number of benzene rings is 1. The van der Waals surface area contributed by atoms with Crippen LogP contribution in [0.25, 0.3) is 0 Å². The molecular weight excluding hydrogens is 268 g/mol. The number of nitrogens with zero attached hydrogens (tertiary/aromatic N) is 1. The van der Waals surface area contributed by atoms with Crippen LogP contribution in [-0.4, -0.2) is 22.6 Å². The summed E-state index contributed by atoms with van der Waals surface area (Å²) in [4.78, 5) is 15.0. The van der Waals surface area contributed by atoms with Crippen molar-refractivity contribution in [2.75, 3.05) is 6.61 Å². The van der Waals surface area contributed by atoms with Crippen molar-refractivity contribution in [1.29, 1.82) is 0 Å². The van der Waals surface area contributed by atoms with E-state index >= 15 is 0 Å². The Morgan fingerprint density at radius 2 is 2.10 bits per heavy atom. The maximum Gasteiger partial charge on any atom is 0.250 e. The molecule has 1 aromatic carbocycles. The van der Waals surface area contributed by atoms with E-state index in [-0.39, 0.29) is 6.61 Å². The molecule has 1 aromatic heterocycles. The van der Waals surface area contributed by atoms with Crippen LogP contribution in [0.3, 0.4) is 0 Å². The lowest BCUT2D eigenvalue weighted by atomic mass is 10.1. The van der Waals surface area contributed by atoms with Crippen LogP contribution >= 0.6 is 0 Å². The third-order valence-electron chi connectivity index (χ3n) is 3.70. The molecular formula is C16H16N2O3. The summed E-state index contributed by atoms with van der Waals surface area (Å²) >= 11 is 0. The molecule has 3 rings (SSSR count). The van der Waals surface area contributed by atoms with Gasteiger partial charge in [-0.15, -0.1) is 0 Å². The van der Waals surface area contributed by atoms with E-state index in [2.05, 4.69) is 4.98 Å². The van der Waals surface area contributed by atoms with E-state index in [4.69, 9.17) is 10.5 Å². The van der Waals surface area contributed by atoms with Crippen molar-refractivity contribution in [3.8, 4) is 11.6 Å². The summed E-state index contributed by atoms with van der Waals surface area (Å²) < 4.78 is 5.68. The summed E-state index contributed by atoms with van der Waals surface area (Å²) in [5, 5.41) is 9.23. The Balaban J connectivity index is 1.75. The molecule has 0 saturated heterocycles. The standard InChI is InChI=1S/C16H16N2O3/c17-16(20)12-2-4-15(18-8-12)21-14-3-1-11-5-10(9-19)6-13(11)7-14/h1-4,7-8,10,19H,5-6,9H2,(H2,17,20). The van der Waals surface area contributed by atoms with Crippen molar-refractivity contribution in [2.45, 2.75) is 12.8 Å². The molecule has 3 N–H and O–H groups in total. The van der Waals surface area contributed by atoms with Crippen molar-refractivity contribution >= 4 is 5.91 Å². The van der Waals surface area contributed by atoms with Crippen molar-refractivity contribution in [1.82, 2.24) is 4.98 Å². The first-order valence-corrected chi connectivity index (χ1v) is 6.82. The van der Waals surface area contributed by atoms with Gasteiger partial charge in [-0.1, -0.05) is 6.07 Å². The number of aliphatic hydroxyl groups excluding tert-OH is 1. The van der Waals surface area contributed by atoms with Gasteiger partial charge in [0.1, 0.15) is 5.75 Å². The fourth-order valence-electron chi connectivity index (χ4n) is 2.59. The molecule has 0 aliphatic heterocycles. The zero-order valence-electron chi connectivity index (χ0n) is 11.5. The maximum absolute atomic E-state index is 11.0. The minimum atomic E-state index is -0.512. The minimum Gasteiger partial charge on any atom is -0.439 e. The second kappa shape index (κ2) is 5.54. The van der Waals surface area contributed by atoms with Crippen LogP contribution in [0, 0.1) is 5.92 Å². The molecule has 1 amide bonds. The maximum atomic E-state index is 11.0. The van der Waals surface area contributed by atoms with Crippen molar-refractivity contribution in [3.63, 3.8) is 0 Å². The normalized spacial score (nSPS) is 16.5. The van der Waals surface area contributed by atoms with Crippen molar-refractivity contribution < 1.29 is 14.6 Å². The van der Waals surface area contributed by atoms with Gasteiger partial charge in [0.15, 0.2) is 0 Å². The van der Waals surface area contributed by atoms with Crippen LogP contribution in [0.1, 0.15) is 21.5 Å². The molecule has 0 radical (unpaired) electrons. The highest BCUT2D eigenvalue weighted by atomic mass is 16.5. The quantitative estimate of drug-likeness (QED) is 0.894. The Bertz CT molecular complexity index is 668. The molecule has 0 fully saturated rings. The van der Waals surface area contributed by atoms with E-state index in [0.29, 0.717) is 23.1 Å². The molecule has 5 heteroatoms. The van der Waals surface area contributed by atoms with Gasteiger partial charge < -0.3 is 15.6 Å². The molecule has 0 spiro atoms. The number of hydrogen-bond donors (Lipinski definition) is 2. The number of amides is 1. The predicted octanol–water partition coefficient (Wildman–Crippen LogP) is 1.68. The Morgan fingerprint density at radius 3 is 2.76 bits per heavy atom. The summed E-state index contributed by atoms with van der Waals surface area (Å²) in [6.07, 6.45) is 3.18. The van der Waals surface area contributed by atoms with Gasteiger partial charge in [0, 0.05) is 18.9 Å². The number of fused-ring (bicyclic) bond motifs is 1. The molecule has 2 aromatic rings. The minimum absolute atomic E-state index is 0.209. The largest absolute Gasteiger partial charge is 0.439 e. The van der Waals surface area contributed by atoms with Crippen LogP contribution < -0.4 is 10.5 Å². The summed E-state index contributed by atoms with van der Waals surface area (Å²) in [7, 11) is 0. The topological polar surface area (TPSA) is 85.4 Å². The smallest absolute Gasteiger partial charge is 0.250 e. The number of ether oxygens (including phenoxy) is 1. The third-order valence-corrected chi connectivity index (χ3v) is 3.70. The van der Waals surface area contributed by atoms with E-state index in [1.165, 1.54) is 17.3 Å². The number of rotatable bonds is 4. The number of hydrogen-bond acceptors (Lipinski definition) is 4. The van der Waals surface area contributed by atoms with Crippen molar-refractivity contribution in [3.05, 3.63) is 53.2 Å². The Kier molecular flexibility index (Phi) is 3.58. The average Bonchev–Trinajstić information content (AvgIpc) is 2.90. The van der Waals surface area contributed by atoms with Crippen LogP contribution in [0.2, 0.25) is 0 Å². The lowest BCUT2D eigenvalue weighted by Crippen LogP contribution is -2.10. The molecule has 1 aliphatic rings. The first kappa shape index (κ1) is 13.6. The second-order valence-electron chi connectivity index (χ2n) is 5.24. The monoisotopic (exact) mass is 284 g/mol. The summed E-state index contributed by atoms with van der Waals surface area (Å²) in [6.45, 7) is 0.209. The van der Waals surface area contributed by atoms with Crippen molar-refractivity contribution in [2.24, 2.45) is 11.7 Å². The SMILES string of the molecule is NC(=O)c1ccc(Oc2ccc3c(c2)CC(CO)C3)nc1. The summed E-state index contributed by atoms with van der Waals surface area (Å²) in [5.74, 6) is 0.910. The summed E-state index contributed by atoms with van der Waals surface area (Å²) in [5.41, 5.74) is 7.98. The number of aliphatic hydroxyl groups is 1. The van der Waals surface area contributed by atoms with Gasteiger partial charge in [-0.25, -0.2) is 4.98 Å². The molecule has 1 aliphatic carbocycles. The van der Waals surface area contributed by atoms with E-state index in [1.54, 1.807) is 12.1 Å². The summed E-state index contributed by atoms with van der Waals surface area (Å²) in [6, 6.07) is 9.10. The number of nitrogens with two attached hydrogens (primary N) is 1. The number of carbonyl (C=O) groups excluding carboxylic acids is 1. The molecule has 0 bridgehead atoms. The Morgan fingerprint density at radius 1 is 1.29 bits per heavy atom. The molecule has 5 nitrogen and oxygen atoms in total. The van der Waals surface area contributed by atoms with E-state index < -0.39 is 5.91 Å². The second-order valence-corrected chi connectivity index (χ2v) is 5.24. The van der Waals surface area contributed by atoms with E-state index in [0.717, 1.165) is 12.8 Å². The number of aromatic nitrogens is 1. The average molecular weight is 284 g/mol. The fourth-order valence-corrected chi connectivity index (χ4v) is 2.59. The zero-order chi connectivity index (χ0) is 14.8. The molecule has 21 heavy (non-hydrogen) atoms. The van der Waals surface area contributed by atoms with Gasteiger partial charge >= 0.3 is 0 Å². The lowest BCUT2D eigenvalue weighted by Gasteiger charge is -2.07. The van der Waals surface area contributed by atoms with Crippen LogP contribution in [0.15, 0.2) is 36.5 Å². The van der Waals surface area contributed by atoms with Gasteiger partial charge in [-0.3, -0.25) is 4.79 Å². The van der Waals surface area contributed by atoms with Gasteiger partial charge in [-0.05, 0) is 48.1 Å². The first-order valence-electron chi connectivity index (χ1n) is 6.82. The number of primary amides is 1. The molecule has 1 heterocycles. The molecule has 108 valence electrons.